The molecule has 8 heteroatoms. The summed E-state index contributed by atoms with van der Waals surface area (Å²) in [6, 6.07) is -0.437. The second-order valence-electron chi connectivity index (χ2n) is 8.57. The van der Waals surface area contributed by atoms with Crippen molar-refractivity contribution in [2.24, 2.45) is 0 Å². The lowest BCUT2D eigenvalue weighted by Crippen LogP contribution is -2.55. The van der Waals surface area contributed by atoms with Crippen molar-refractivity contribution in [1.29, 1.82) is 0 Å². The topological polar surface area (TPSA) is 87.7 Å². The van der Waals surface area contributed by atoms with Crippen molar-refractivity contribution >= 4 is 17.9 Å². The molecule has 2 heterocycles. The van der Waals surface area contributed by atoms with Crippen LogP contribution in [-0.4, -0.2) is 78.3 Å². The Bertz CT molecular complexity index is 549. The van der Waals surface area contributed by atoms with Crippen LogP contribution in [0.25, 0.3) is 0 Å². The average molecular weight is 355 g/mol. The molecule has 0 aromatic rings. The van der Waals surface area contributed by atoms with Crippen LogP contribution in [0.1, 0.15) is 40.5 Å². The molecule has 2 fully saturated rings. The molecule has 2 saturated heterocycles. The van der Waals surface area contributed by atoms with Crippen LogP contribution in [0.15, 0.2) is 0 Å². The van der Waals surface area contributed by atoms with E-state index in [2.05, 4.69) is 17.7 Å². The summed E-state index contributed by atoms with van der Waals surface area (Å²) in [4.78, 5) is 38.6. The fraction of sp³-hybridized carbons (Fsp3) is 0.824. The molecule has 0 bridgehead atoms. The highest BCUT2D eigenvalue weighted by Crippen LogP contribution is 2.24. The molecule has 0 aromatic carbocycles. The number of ether oxygens (including phenoxy) is 1. The van der Waals surface area contributed by atoms with Crippen molar-refractivity contribution in [2.45, 2.75) is 51.7 Å². The van der Waals surface area contributed by atoms with Crippen LogP contribution in [0.5, 0.6) is 0 Å². The Kier molecular flexibility index (Phi) is 5.44. The summed E-state index contributed by atoms with van der Waals surface area (Å²) in [6.07, 6.45) is 0.825. The first kappa shape index (κ1) is 19.7. The lowest BCUT2D eigenvalue weighted by atomic mass is 9.98. The van der Waals surface area contributed by atoms with E-state index >= 15 is 0 Å². The number of esters is 1. The number of nitrogens with one attached hydrogen (secondary N) is 2. The van der Waals surface area contributed by atoms with Gasteiger partial charge in [0, 0.05) is 19.5 Å². The van der Waals surface area contributed by atoms with Gasteiger partial charge in [0.2, 0.25) is 0 Å². The van der Waals surface area contributed by atoms with E-state index in [4.69, 9.17) is 4.74 Å². The van der Waals surface area contributed by atoms with E-state index in [0.29, 0.717) is 11.2 Å². The third-order valence-corrected chi connectivity index (χ3v) is 4.63. The second-order valence-corrected chi connectivity index (χ2v) is 8.57. The van der Waals surface area contributed by atoms with Crippen molar-refractivity contribution in [3.05, 3.63) is 0 Å². The van der Waals surface area contributed by atoms with Crippen LogP contribution < -0.4 is 10.6 Å². The molecule has 25 heavy (non-hydrogen) atoms. The Balaban J connectivity index is 2.06. The highest BCUT2D eigenvalue weighted by molar-refractivity contribution is 6.08. The Hall–Kier alpha value is -1.67. The molecule has 3 amide bonds. The SMILES string of the molecule is CC(C)(C)OC(=O)CC1(C)NC(=O)N(C[N+]2(C)CCCNCC2)C1=O. The molecular formula is C17H31N4O4+. The first-order chi connectivity index (χ1) is 11.4. The maximum atomic E-state index is 12.8. The van der Waals surface area contributed by atoms with E-state index in [1.165, 1.54) is 4.90 Å². The first-order valence-electron chi connectivity index (χ1n) is 8.84. The van der Waals surface area contributed by atoms with E-state index in [1.54, 1.807) is 27.7 Å². The third kappa shape index (κ3) is 4.92. The second kappa shape index (κ2) is 6.92. The van der Waals surface area contributed by atoms with Gasteiger partial charge in [0.25, 0.3) is 5.91 Å². The van der Waals surface area contributed by atoms with E-state index in [9.17, 15) is 14.4 Å². The van der Waals surface area contributed by atoms with E-state index < -0.39 is 23.1 Å². The third-order valence-electron chi connectivity index (χ3n) is 4.63. The van der Waals surface area contributed by atoms with Gasteiger partial charge in [-0.05, 0) is 27.7 Å². The Morgan fingerprint density at radius 1 is 1.28 bits per heavy atom. The average Bonchev–Trinajstić information content (AvgIpc) is 2.62. The monoisotopic (exact) mass is 355 g/mol. The molecule has 2 aliphatic rings. The fourth-order valence-electron chi connectivity index (χ4n) is 3.32. The minimum Gasteiger partial charge on any atom is -0.460 e. The molecule has 142 valence electrons. The zero-order chi connectivity index (χ0) is 18.9. The summed E-state index contributed by atoms with van der Waals surface area (Å²) in [5.74, 6) is -0.857. The summed E-state index contributed by atoms with van der Waals surface area (Å²) in [5.41, 5.74) is -1.88. The van der Waals surface area contributed by atoms with Crippen molar-refractivity contribution < 1.29 is 23.6 Å². The van der Waals surface area contributed by atoms with Gasteiger partial charge in [-0.1, -0.05) is 0 Å². The van der Waals surface area contributed by atoms with Crippen molar-refractivity contribution in [3.8, 4) is 0 Å². The van der Waals surface area contributed by atoms with Gasteiger partial charge < -0.3 is 19.9 Å². The van der Waals surface area contributed by atoms with E-state index in [0.717, 1.165) is 32.6 Å². The van der Waals surface area contributed by atoms with Crippen LogP contribution in [0, 0.1) is 0 Å². The number of rotatable bonds is 4. The molecule has 2 rings (SSSR count). The molecule has 2 unspecified atom stereocenters. The van der Waals surface area contributed by atoms with Crippen molar-refractivity contribution in [3.63, 3.8) is 0 Å². The minimum absolute atomic E-state index is 0.170. The van der Waals surface area contributed by atoms with Gasteiger partial charge in [0.1, 0.15) is 11.1 Å². The van der Waals surface area contributed by atoms with Gasteiger partial charge in [-0.15, -0.1) is 0 Å². The molecule has 0 aromatic heterocycles. The molecule has 0 aliphatic carbocycles. The minimum atomic E-state index is -1.25. The van der Waals surface area contributed by atoms with Crippen LogP contribution in [0.4, 0.5) is 4.79 Å². The number of amides is 3. The zero-order valence-corrected chi connectivity index (χ0v) is 16.0. The summed E-state index contributed by atoms with van der Waals surface area (Å²) in [6.45, 7) is 10.8. The summed E-state index contributed by atoms with van der Waals surface area (Å²) in [7, 11) is 2.05. The molecule has 0 saturated carbocycles. The molecule has 0 radical (unpaired) electrons. The highest BCUT2D eigenvalue weighted by atomic mass is 16.6. The largest absolute Gasteiger partial charge is 0.460 e. The van der Waals surface area contributed by atoms with E-state index in [1.807, 2.05) is 0 Å². The maximum absolute atomic E-state index is 12.8. The molecule has 2 N–H and O–H groups in total. The van der Waals surface area contributed by atoms with Gasteiger partial charge in [-0.3, -0.25) is 9.59 Å². The first-order valence-corrected chi connectivity index (χ1v) is 8.84. The van der Waals surface area contributed by atoms with Gasteiger partial charge >= 0.3 is 12.0 Å². The number of hydrogen-bond donors (Lipinski definition) is 2. The van der Waals surface area contributed by atoms with Crippen LogP contribution in [-0.2, 0) is 14.3 Å². The summed E-state index contributed by atoms with van der Waals surface area (Å²) in [5, 5.41) is 6.01. The lowest BCUT2D eigenvalue weighted by Gasteiger charge is -2.35. The zero-order valence-electron chi connectivity index (χ0n) is 16.0. The Morgan fingerprint density at radius 3 is 2.60 bits per heavy atom. The predicted octanol–water partition coefficient (Wildman–Crippen LogP) is 0.426. The van der Waals surface area contributed by atoms with Gasteiger partial charge in [0.15, 0.2) is 6.67 Å². The quantitative estimate of drug-likeness (QED) is 0.434. The molecular weight excluding hydrogens is 324 g/mol. The predicted molar refractivity (Wildman–Crippen MR) is 92.5 cm³/mol. The standard InChI is InChI=1S/C17H30N4O4/c1-16(2,3)25-13(22)11-17(4)14(23)20(15(24)19-17)12-21(5)9-6-7-18-8-10-21/h18H,6-12H2,1-5H3/p+1. The highest BCUT2D eigenvalue weighted by Gasteiger charge is 2.51. The number of nitrogens with zero attached hydrogens (tertiary/aromatic N) is 2. The smallest absolute Gasteiger partial charge is 0.329 e. The Morgan fingerprint density at radius 2 is 1.96 bits per heavy atom. The van der Waals surface area contributed by atoms with Crippen LogP contribution in [0.3, 0.4) is 0 Å². The van der Waals surface area contributed by atoms with E-state index in [-0.39, 0.29) is 12.3 Å². The Labute approximate surface area is 149 Å². The number of imide groups is 1. The maximum Gasteiger partial charge on any atom is 0.329 e. The number of carbonyl (C=O) groups is 3. The molecule has 2 aliphatic heterocycles. The van der Waals surface area contributed by atoms with Gasteiger partial charge in [0.05, 0.1) is 26.6 Å². The number of likely N-dealkylation sites (N-methyl/N-ethyl adjacent to an activating group) is 1. The molecule has 2 atom stereocenters. The van der Waals surface area contributed by atoms with Crippen LogP contribution in [0.2, 0.25) is 0 Å². The van der Waals surface area contributed by atoms with Gasteiger partial charge in [-0.25, -0.2) is 9.69 Å². The van der Waals surface area contributed by atoms with Crippen molar-refractivity contribution in [2.75, 3.05) is 39.9 Å². The number of hydrogen-bond acceptors (Lipinski definition) is 5. The number of quaternary nitrogens is 1. The summed E-state index contributed by atoms with van der Waals surface area (Å²) >= 11 is 0. The normalized spacial score (nSPS) is 30.8. The van der Waals surface area contributed by atoms with Gasteiger partial charge in [-0.2, -0.15) is 0 Å². The molecule has 0 spiro atoms. The van der Waals surface area contributed by atoms with Crippen LogP contribution >= 0.6 is 0 Å². The van der Waals surface area contributed by atoms with Crippen molar-refractivity contribution in [1.82, 2.24) is 15.5 Å². The molecule has 8 nitrogen and oxygen atoms in total. The number of carbonyl (C=O) groups excluding carboxylic acids is 3. The summed E-state index contributed by atoms with van der Waals surface area (Å²) < 4.78 is 5.92. The lowest BCUT2D eigenvalue weighted by molar-refractivity contribution is -0.914. The number of urea groups is 1. The fourth-order valence-corrected chi connectivity index (χ4v) is 3.32.